The number of carboxylic acids is 1. The lowest BCUT2D eigenvalue weighted by Crippen LogP contribution is -2.44. The van der Waals surface area contributed by atoms with Crippen molar-refractivity contribution in [1.82, 2.24) is 10.6 Å². The van der Waals surface area contributed by atoms with Crippen molar-refractivity contribution in [2.75, 3.05) is 0 Å². The molecule has 0 aromatic rings. The van der Waals surface area contributed by atoms with Crippen LogP contribution in [0.5, 0.6) is 0 Å². The number of nitrogens with one attached hydrogen (secondary N) is 2. The van der Waals surface area contributed by atoms with Gasteiger partial charge in [-0.1, -0.05) is 26.0 Å². The summed E-state index contributed by atoms with van der Waals surface area (Å²) in [6.45, 7) is 6.29. The third kappa shape index (κ3) is 5.77. The molecule has 0 saturated heterocycles. The minimum atomic E-state index is -0.841. The first-order valence-corrected chi connectivity index (χ1v) is 6.86. The first kappa shape index (κ1) is 15.5. The molecular formula is C14H24N2O3. The third-order valence-corrected chi connectivity index (χ3v) is 3.27. The van der Waals surface area contributed by atoms with Gasteiger partial charge in [-0.2, -0.15) is 0 Å². The van der Waals surface area contributed by atoms with Gasteiger partial charge >= 0.3 is 12.0 Å². The van der Waals surface area contributed by atoms with E-state index < -0.39 is 11.9 Å². The van der Waals surface area contributed by atoms with E-state index in [0.29, 0.717) is 12.3 Å². The van der Waals surface area contributed by atoms with Crippen molar-refractivity contribution in [1.29, 1.82) is 0 Å². The first-order chi connectivity index (χ1) is 8.88. The molecule has 1 rings (SSSR count). The van der Waals surface area contributed by atoms with Gasteiger partial charge in [0.05, 0.1) is 12.0 Å². The molecule has 108 valence electrons. The molecule has 1 aliphatic rings. The molecule has 0 aromatic carbocycles. The van der Waals surface area contributed by atoms with Crippen molar-refractivity contribution in [3.8, 4) is 0 Å². The number of hydrogen-bond acceptors (Lipinski definition) is 2. The van der Waals surface area contributed by atoms with Gasteiger partial charge in [-0.3, -0.25) is 4.79 Å². The summed E-state index contributed by atoms with van der Waals surface area (Å²) < 4.78 is 0. The standard InChI is InChI=1S/C14H24N2O3/c1-9(2)4-5-10(3)15-14(19)16-12-7-6-11(8-12)13(17)18/h6-7,9-12H,4-5,8H2,1-3H3,(H,17,18)(H2,15,16,19). The van der Waals surface area contributed by atoms with Crippen LogP contribution in [0.2, 0.25) is 0 Å². The minimum absolute atomic E-state index is 0.128. The Labute approximate surface area is 114 Å². The number of carbonyl (C=O) groups is 2. The molecule has 0 aliphatic heterocycles. The van der Waals surface area contributed by atoms with Crippen LogP contribution in [0.1, 0.15) is 40.0 Å². The Balaban J connectivity index is 2.25. The van der Waals surface area contributed by atoms with Crippen LogP contribution in [0.3, 0.4) is 0 Å². The molecule has 19 heavy (non-hydrogen) atoms. The number of carboxylic acid groups (broad SMARTS) is 1. The second-order valence-corrected chi connectivity index (χ2v) is 5.66. The number of amides is 2. The zero-order chi connectivity index (χ0) is 14.4. The third-order valence-electron chi connectivity index (χ3n) is 3.27. The van der Waals surface area contributed by atoms with E-state index in [9.17, 15) is 9.59 Å². The largest absolute Gasteiger partial charge is 0.481 e. The van der Waals surface area contributed by atoms with Gasteiger partial charge in [0.1, 0.15) is 0 Å². The summed E-state index contributed by atoms with van der Waals surface area (Å²) in [7, 11) is 0. The van der Waals surface area contributed by atoms with Gasteiger partial charge in [-0.05, 0) is 32.1 Å². The van der Waals surface area contributed by atoms with Crippen molar-refractivity contribution in [3.05, 3.63) is 12.2 Å². The van der Waals surface area contributed by atoms with Crippen LogP contribution in [0.4, 0.5) is 4.79 Å². The Morgan fingerprint density at radius 2 is 1.95 bits per heavy atom. The van der Waals surface area contributed by atoms with Crippen LogP contribution in [0, 0.1) is 11.8 Å². The highest BCUT2D eigenvalue weighted by molar-refractivity contribution is 5.76. The molecule has 5 nitrogen and oxygen atoms in total. The normalized spacial score (nSPS) is 23.4. The molecule has 0 saturated carbocycles. The van der Waals surface area contributed by atoms with Crippen molar-refractivity contribution >= 4 is 12.0 Å². The van der Waals surface area contributed by atoms with E-state index in [2.05, 4.69) is 24.5 Å². The predicted octanol–water partition coefficient (Wildman–Crippen LogP) is 2.14. The number of rotatable bonds is 6. The highest BCUT2D eigenvalue weighted by atomic mass is 16.4. The average Bonchev–Trinajstić information content (AvgIpc) is 2.74. The summed E-state index contributed by atoms with van der Waals surface area (Å²) in [5.41, 5.74) is 0. The van der Waals surface area contributed by atoms with Gasteiger partial charge < -0.3 is 15.7 Å². The molecule has 0 fully saturated rings. The fourth-order valence-electron chi connectivity index (χ4n) is 2.08. The molecule has 1 aliphatic carbocycles. The molecule has 3 atom stereocenters. The van der Waals surface area contributed by atoms with Gasteiger partial charge in [-0.15, -0.1) is 0 Å². The summed E-state index contributed by atoms with van der Waals surface area (Å²) in [4.78, 5) is 22.5. The van der Waals surface area contributed by atoms with E-state index in [4.69, 9.17) is 5.11 Å². The Morgan fingerprint density at radius 3 is 2.47 bits per heavy atom. The van der Waals surface area contributed by atoms with Crippen LogP contribution in [-0.2, 0) is 4.79 Å². The molecule has 0 radical (unpaired) electrons. The average molecular weight is 268 g/mol. The molecule has 2 amide bonds. The van der Waals surface area contributed by atoms with Gasteiger partial charge in [0.2, 0.25) is 0 Å². The smallest absolute Gasteiger partial charge is 0.315 e. The van der Waals surface area contributed by atoms with Crippen molar-refractivity contribution in [3.63, 3.8) is 0 Å². The summed E-state index contributed by atoms with van der Waals surface area (Å²) >= 11 is 0. The number of aliphatic carboxylic acids is 1. The second kappa shape index (κ2) is 7.16. The van der Waals surface area contributed by atoms with E-state index in [1.807, 2.05) is 6.92 Å². The molecule has 3 N–H and O–H groups in total. The van der Waals surface area contributed by atoms with E-state index in [-0.39, 0.29) is 18.1 Å². The number of urea groups is 1. The topological polar surface area (TPSA) is 78.4 Å². The maximum absolute atomic E-state index is 11.7. The fraction of sp³-hybridized carbons (Fsp3) is 0.714. The molecule has 5 heteroatoms. The van der Waals surface area contributed by atoms with Gasteiger partial charge in [0.15, 0.2) is 0 Å². The molecule has 3 unspecified atom stereocenters. The predicted molar refractivity (Wildman–Crippen MR) is 73.9 cm³/mol. The second-order valence-electron chi connectivity index (χ2n) is 5.66. The zero-order valence-electron chi connectivity index (χ0n) is 11.8. The fourth-order valence-corrected chi connectivity index (χ4v) is 2.08. The Morgan fingerprint density at radius 1 is 1.26 bits per heavy atom. The van der Waals surface area contributed by atoms with E-state index in [1.54, 1.807) is 12.2 Å². The van der Waals surface area contributed by atoms with Gasteiger partial charge in [0.25, 0.3) is 0 Å². The lowest BCUT2D eigenvalue weighted by Gasteiger charge is -2.18. The Hall–Kier alpha value is -1.52. The van der Waals surface area contributed by atoms with Crippen LogP contribution < -0.4 is 10.6 Å². The highest BCUT2D eigenvalue weighted by Gasteiger charge is 2.25. The lowest BCUT2D eigenvalue weighted by molar-refractivity contribution is -0.140. The van der Waals surface area contributed by atoms with Crippen LogP contribution in [-0.4, -0.2) is 29.2 Å². The summed E-state index contributed by atoms with van der Waals surface area (Å²) in [6.07, 6.45) is 5.84. The Kier molecular flexibility index (Phi) is 5.86. The van der Waals surface area contributed by atoms with E-state index >= 15 is 0 Å². The van der Waals surface area contributed by atoms with E-state index in [1.165, 1.54) is 0 Å². The summed E-state index contributed by atoms with van der Waals surface area (Å²) in [5, 5.41) is 14.5. The number of carbonyl (C=O) groups excluding carboxylic acids is 1. The first-order valence-electron chi connectivity index (χ1n) is 6.86. The SMILES string of the molecule is CC(C)CCC(C)NC(=O)NC1C=CC(C(=O)O)C1. The maximum atomic E-state index is 11.7. The van der Waals surface area contributed by atoms with Crippen LogP contribution in [0.15, 0.2) is 12.2 Å². The lowest BCUT2D eigenvalue weighted by atomic mass is 10.0. The van der Waals surface area contributed by atoms with Crippen molar-refractivity contribution in [2.24, 2.45) is 11.8 Å². The Bertz CT molecular complexity index is 353. The molecule has 0 aromatic heterocycles. The van der Waals surface area contributed by atoms with Crippen LogP contribution in [0.25, 0.3) is 0 Å². The number of hydrogen-bond donors (Lipinski definition) is 3. The monoisotopic (exact) mass is 268 g/mol. The summed E-state index contributed by atoms with van der Waals surface area (Å²) in [5.74, 6) is -0.698. The zero-order valence-corrected chi connectivity index (χ0v) is 11.8. The quantitative estimate of drug-likeness (QED) is 0.646. The molecule has 0 spiro atoms. The maximum Gasteiger partial charge on any atom is 0.315 e. The minimum Gasteiger partial charge on any atom is -0.481 e. The summed E-state index contributed by atoms with van der Waals surface area (Å²) in [6, 6.07) is -0.279. The molecular weight excluding hydrogens is 244 g/mol. The van der Waals surface area contributed by atoms with Crippen molar-refractivity contribution in [2.45, 2.75) is 52.1 Å². The highest BCUT2D eigenvalue weighted by Crippen LogP contribution is 2.17. The van der Waals surface area contributed by atoms with Crippen LogP contribution >= 0.6 is 0 Å². The van der Waals surface area contributed by atoms with E-state index in [0.717, 1.165) is 12.8 Å². The van der Waals surface area contributed by atoms with Gasteiger partial charge in [-0.25, -0.2) is 4.79 Å². The molecule has 0 bridgehead atoms. The van der Waals surface area contributed by atoms with Gasteiger partial charge in [0, 0.05) is 6.04 Å². The van der Waals surface area contributed by atoms with Crippen molar-refractivity contribution < 1.29 is 14.7 Å². The molecule has 0 heterocycles.